The quantitative estimate of drug-likeness (QED) is 0.363. The number of halogens is 7. The predicted octanol–water partition coefficient (Wildman–Crippen LogP) is 5.28. The van der Waals surface area contributed by atoms with Gasteiger partial charge in [0.1, 0.15) is 11.4 Å². The molecule has 13 heteroatoms. The monoisotopic (exact) mass is 501 g/mol. The molecule has 1 aromatic heterocycles. The van der Waals surface area contributed by atoms with Crippen molar-refractivity contribution in [2.24, 2.45) is 0 Å². The molecule has 0 aliphatic rings. The summed E-state index contributed by atoms with van der Waals surface area (Å²) < 4.78 is 101. The minimum absolute atomic E-state index is 0.0139. The Morgan fingerprint density at radius 3 is 2.17 bits per heavy atom. The summed E-state index contributed by atoms with van der Waals surface area (Å²) in [7, 11) is 1.09. The highest BCUT2D eigenvalue weighted by molar-refractivity contribution is 5.89. The molecule has 0 bridgehead atoms. The Morgan fingerprint density at radius 1 is 1.00 bits per heavy atom. The molecule has 0 saturated heterocycles. The van der Waals surface area contributed by atoms with E-state index in [1.165, 1.54) is 6.92 Å². The van der Waals surface area contributed by atoms with E-state index in [9.17, 15) is 40.3 Å². The second-order valence-electron chi connectivity index (χ2n) is 6.95. The van der Waals surface area contributed by atoms with Gasteiger partial charge >= 0.3 is 24.1 Å². The Balaban J connectivity index is 2.24. The minimum Gasteiger partial charge on any atom is -0.407 e. The van der Waals surface area contributed by atoms with Gasteiger partial charge in [-0.05, 0) is 43.3 Å². The molecule has 0 atom stereocenters. The topological polar surface area (TPSA) is 56.5 Å². The summed E-state index contributed by atoms with van der Waals surface area (Å²) in [4.78, 5) is 25.9. The molecule has 2 aromatic carbocycles. The summed E-state index contributed by atoms with van der Waals surface area (Å²) in [6, 6.07) is 6.53. The van der Waals surface area contributed by atoms with Crippen molar-refractivity contribution in [1.29, 1.82) is 0 Å². The lowest BCUT2D eigenvalue weighted by Gasteiger charge is -2.22. The average molecular weight is 501 g/mol. The molecule has 6 nitrogen and oxygen atoms in total. The highest BCUT2D eigenvalue weighted by Crippen LogP contribution is 2.44. The molecule has 0 spiro atoms. The third kappa shape index (κ3) is 5.32. The van der Waals surface area contributed by atoms with Crippen molar-refractivity contribution in [3.63, 3.8) is 0 Å². The second-order valence-corrected chi connectivity index (χ2v) is 6.95. The van der Waals surface area contributed by atoms with E-state index in [1.807, 2.05) is 0 Å². The number of aromatic nitrogens is 2. The van der Waals surface area contributed by atoms with E-state index in [-0.39, 0.29) is 17.8 Å². The van der Waals surface area contributed by atoms with Gasteiger partial charge in [-0.3, -0.25) is 9.47 Å². The Hall–Kier alpha value is -4.21. The molecule has 0 fully saturated rings. The molecule has 0 aliphatic carbocycles. The van der Waals surface area contributed by atoms with Gasteiger partial charge in [0.05, 0.1) is 11.3 Å². The Labute approximate surface area is 192 Å². The van der Waals surface area contributed by atoms with Crippen molar-refractivity contribution in [3.8, 4) is 23.4 Å². The number of nitrogens with zero attached hydrogens (tertiary/aromatic N) is 3. The third-order valence-corrected chi connectivity index (χ3v) is 4.65. The van der Waals surface area contributed by atoms with E-state index in [2.05, 4.69) is 12.0 Å². The minimum atomic E-state index is -5.41. The standard InChI is InChI=1S/C22H14F7N3O3/c1-3-8-31-9-10-32(19(31)33)17-12-13(21(24,25)26)11-16(22(27,28)29)18(17)35-20(34)30(2)15-6-4-14(23)5-7-15/h4-7,9-12H,1-2H3. The van der Waals surface area contributed by atoms with Gasteiger partial charge in [-0.2, -0.15) is 26.3 Å². The largest absolute Gasteiger partial charge is 0.420 e. The zero-order chi connectivity index (χ0) is 26.1. The fourth-order valence-electron chi connectivity index (χ4n) is 2.97. The number of rotatable bonds is 3. The fourth-order valence-corrected chi connectivity index (χ4v) is 2.97. The van der Waals surface area contributed by atoms with E-state index in [4.69, 9.17) is 4.74 Å². The van der Waals surface area contributed by atoms with E-state index < -0.39 is 52.5 Å². The summed E-state index contributed by atoms with van der Waals surface area (Å²) in [5, 5.41) is 0. The first-order valence-corrected chi connectivity index (χ1v) is 9.50. The van der Waals surface area contributed by atoms with E-state index in [0.29, 0.717) is 9.47 Å². The van der Waals surface area contributed by atoms with Gasteiger partial charge < -0.3 is 4.74 Å². The summed E-state index contributed by atoms with van der Waals surface area (Å²) in [6.07, 6.45) is -10.2. The number of carbonyl (C=O) groups excluding carboxylic acids is 1. The molecular formula is C22H14F7N3O3. The highest BCUT2D eigenvalue weighted by Gasteiger charge is 2.42. The van der Waals surface area contributed by atoms with Crippen molar-refractivity contribution >= 4 is 11.8 Å². The van der Waals surface area contributed by atoms with Gasteiger partial charge in [0.2, 0.25) is 0 Å². The van der Waals surface area contributed by atoms with Crippen LogP contribution in [-0.2, 0) is 12.4 Å². The van der Waals surface area contributed by atoms with Gasteiger partial charge in [-0.1, -0.05) is 5.92 Å². The zero-order valence-electron chi connectivity index (χ0n) is 17.8. The number of hydrogen-bond acceptors (Lipinski definition) is 3. The van der Waals surface area contributed by atoms with E-state index >= 15 is 0 Å². The molecule has 184 valence electrons. The van der Waals surface area contributed by atoms with Crippen molar-refractivity contribution in [2.75, 3.05) is 11.9 Å². The molecule has 1 amide bonds. The van der Waals surface area contributed by atoms with Crippen LogP contribution >= 0.6 is 0 Å². The molecule has 35 heavy (non-hydrogen) atoms. The van der Waals surface area contributed by atoms with Crippen LogP contribution < -0.4 is 15.3 Å². The van der Waals surface area contributed by atoms with Crippen LogP contribution in [0.3, 0.4) is 0 Å². The Kier molecular flexibility index (Phi) is 6.68. The molecule has 0 N–H and O–H groups in total. The number of carbonyl (C=O) groups is 1. The molecule has 0 saturated carbocycles. The van der Waals surface area contributed by atoms with Crippen LogP contribution in [0.25, 0.3) is 5.69 Å². The molecule has 0 unspecified atom stereocenters. The maximum atomic E-state index is 13.8. The maximum Gasteiger partial charge on any atom is 0.420 e. The van der Waals surface area contributed by atoms with Crippen LogP contribution in [0.15, 0.2) is 53.6 Å². The van der Waals surface area contributed by atoms with Crippen LogP contribution in [0, 0.1) is 17.8 Å². The van der Waals surface area contributed by atoms with Gasteiger partial charge in [-0.25, -0.2) is 18.5 Å². The SMILES string of the molecule is CC#Cn1ccn(-c2cc(C(F)(F)F)cc(C(F)(F)F)c2OC(=O)N(C)c2ccc(F)cc2)c1=O. The van der Waals surface area contributed by atoms with Gasteiger partial charge in [0.25, 0.3) is 0 Å². The molecule has 0 aliphatic heterocycles. The first-order chi connectivity index (χ1) is 16.2. The van der Waals surface area contributed by atoms with E-state index in [1.54, 1.807) is 0 Å². The summed E-state index contributed by atoms with van der Waals surface area (Å²) in [6.45, 7) is 1.36. The molecule has 3 rings (SSSR count). The second kappa shape index (κ2) is 9.21. The number of ether oxygens (including phenoxy) is 1. The molecule has 3 aromatic rings. The van der Waals surface area contributed by atoms with Crippen molar-refractivity contribution in [2.45, 2.75) is 19.3 Å². The number of amides is 1. The first kappa shape index (κ1) is 25.4. The van der Waals surface area contributed by atoms with E-state index in [0.717, 1.165) is 48.3 Å². The first-order valence-electron chi connectivity index (χ1n) is 9.50. The smallest absolute Gasteiger partial charge is 0.407 e. The fraction of sp³-hybridized carbons (Fsp3) is 0.182. The van der Waals surface area contributed by atoms with Crippen molar-refractivity contribution in [3.05, 3.63) is 76.2 Å². The lowest BCUT2D eigenvalue weighted by molar-refractivity contribution is -0.143. The summed E-state index contributed by atoms with van der Waals surface area (Å²) in [5.41, 5.74) is -5.75. The van der Waals surface area contributed by atoms with Crippen LogP contribution in [0.1, 0.15) is 18.1 Å². The number of anilines is 1. The number of alkyl halides is 6. The number of benzene rings is 2. The molecular weight excluding hydrogens is 487 g/mol. The molecule has 1 heterocycles. The van der Waals surface area contributed by atoms with Gasteiger partial charge in [0.15, 0.2) is 5.75 Å². The Bertz CT molecular complexity index is 1370. The third-order valence-electron chi connectivity index (χ3n) is 4.65. The number of hydrogen-bond donors (Lipinski definition) is 0. The highest BCUT2D eigenvalue weighted by atomic mass is 19.4. The summed E-state index contributed by atoms with van der Waals surface area (Å²) in [5.74, 6) is 0.373. The predicted molar refractivity (Wildman–Crippen MR) is 110 cm³/mol. The normalized spacial score (nSPS) is 11.6. The van der Waals surface area contributed by atoms with Crippen LogP contribution in [0.4, 0.5) is 41.2 Å². The van der Waals surface area contributed by atoms with Crippen molar-refractivity contribution in [1.82, 2.24) is 9.13 Å². The van der Waals surface area contributed by atoms with Crippen molar-refractivity contribution < 1.29 is 40.3 Å². The maximum absolute atomic E-state index is 13.8. The Morgan fingerprint density at radius 2 is 1.63 bits per heavy atom. The van der Waals surface area contributed by atoms with Crippen LogP contribution in [-0.4, -0.2) is 22.3 Å². The van der Waals surface area contributed by atoms with Crippen LogP contribution in [0.2, 0.25) is 0 Å². The van der Waals surface area contributed by atoms with Crippen LogP contribution in [0.5, 0.6) is 5.75 Å². The average Bonchev–Trinajstić information content (AvgIpc) is 3.12. The summed E-state index contributed by atoms with van der Waals surface area (Å²) >= 11 is 0. The van der Waals surface area contributed by atoms with Gasteiger partial charge in [0, 0.05) is 31.2 Å². The zero-order valence-corrected chi connectivity index (χ0v) is 17.8. The lowest BCUT2D eigenvalue weighted by Crippen LogP contribution is -2.31. The molecule has 0 radical (unpaired) electrons. The number of imidazole rings is 1. The van der Waals surface area contributed by atoms with Gasteiger partial charge in [-0.15, -0.1) is 0 Å². The lowest BCUT2D eigenvalue weighted by atomic mass is 10.1.